The average molecular weight is 296 g/mol. The molecule has 0 spiro atoms. The molecule has 0 aromatic carbocycles. The summed E-state index contributed by atoms with van der Waals surface area (Å²) in [6.45, 7) is 0.185. The molecule has 0 atom stereocenters. The minimum atomic E-state index is -3.34. The molecular formula is C12H16N4O3S. The SMILES string of the molecule is CNS(=O)(=O)CCNC(=O)c1ccncc1C#CCN. The molecule has 7 nitrogen and oxygen atoms in total. The second-order valence-corrected chi connectivity index (χ2v) is 5.75. The van der Waals surface area contributed by atoms with E-state index in [1.807, 2.05) is 0 Å². The number of hydrogen-bond acceptors (Lipinski definition) is 5. The van der Waals surface area contributed by atoms with Crippen LogP contribution >= 0.6 is 0 Å². The Morgan fingerprint density at radius 2 is 2.25 bits per heavy atom. The van der Waals surface area contributed by atoms with Gasteiger partial charge in [0, 0.05) is 18.9 Å². The molecule has 0 aliphatic rings. The molecular weight excluding hydrogens is 280 g/mol. The predicted molar refractivity (Wildman–Crippen MR) is 75.3 cm³/mol. The first-order chi connectivity index (χ1) is 9.50. The topological polar surface area (TPSA) is 114 Å². The van der Waals surface area contributed by atoms with Crippen molar-refractivity contribution in [2.24, 2.45) is 5.73 Å². The Balaban J connectivity index is 2.73. The summed E-state index contributed by atoms with van der Waals surface area (Å²) in [5.74, 6) is 4.79. The third kappa shape index (κ3) is 4.97. The van der Waals surface area contributed by atoms with Crippen molar-refractivity contribution in [3.05, 3.63) is 29.6 Å². The highest BCUT2D eigenvalue weighted by atomic mass is 32.2. The molecule has 1 rings (SSSR count). The van der Waals surface area contributed by atoms with Gasteiger partial charge >= 0.3 is 0 Å². The van der Waals surface area contributed by atoms with Gasteiger partial charge in [0.2, 0.25) is 10.0 Å². The van der Waals surface area contributed by atoms with Crippen molar-refractivity contribution in [3.8, 4) is 11.8 Å². The average Bonchev–Trinajstić information content (AvgIpc) is 2.45. The van der Waals surface area contributed by atoms with E-state index in [1.54, 1.807) is 0 Å². The lowest BCUT2D eigenvalue weighted by molar-refractivity contribution is 0.0956. The van der Waals surface area contributed by atoms with E-state index in [0.717, 1.165) is 0 Å². The summed E-state index contributed by atoms with van der Waals surface area (Å²) in [5, 5.41) is 2.52. The van der Waals surface area contributed by atoms with Crippen LogP contribution < -0.4 is 15.8 Å². The van der Waals surface area contributed by atoms with Gasteiger partial charge in [-0.2, -0.15) is 0 Å². The van der Waals surface area contributed by atoms with Crippen LogP contribution in [-0.2, 0) is 10.0 Å². The first kappa shape index (κ1) is 16.1. The largest absolute Gasteiger partial charge is 0.351 e. The lowest BCUT2D eigenvalue weighted by Crippen LogP contribution is -2.33. The normalized spacial score (nSPS) is 10.5. The molecule has 108 valence electrons. The Kier molecular flexibility index (Phi) is 6.11. The Labute approximate surface area is 118 Å². The highest BCUT2D eigenvalue weighted by Gasteiger charge is 2.12. The van der Waals surface area contributed by atoms with Gasteiger partial charge in [0.25, 0.3) is 5.91 Å². The van der Waals surface area contributed by atoms with Gasteiger partial charge in [-0.25, -0.2) is 13.1 Å². The molecule has 0 fully saturated rings. The van der Waals surface area contributed by atoms with E-state index >= 15 is 0 Å². The molecule has 0 bridgehead atoms. The van der Waals surface area contributed by atoms with Gasteiger partial charge < -0.3 is 11.1 Å². The van der Waals surface area contributed by atoms with E-state index in [2.05, 4.69) is 26.9 Å². The zero-order valence-corrected chi connectivity index (χ0v) is 11.8. The van der Waals surface area contributed by atoms with Gasteiger partial charge in [-0.1, -0.05) is 11.8 Å². The summed E-state index contributed by atoms with van der Waals surface area (Å²) in [6, 6.07) is 1.52. The van der Waals surface area contributed by atoms with Gasteiger partial charge in [0.15, 0.2) is 0 Å². The molecule has 20 heavy (non-hydrogen) atoms. The summed E-state index contributed by atoms with van der Waals surface area (Å²) >= 11 is 0. The summed E-state index contributed by atoms with van der Waals surface area (Å²) in [4.78, 5) is 15.8. The quantitative estimate of drug-likeness (QED) is 0.583. The molecule has 4 N–H and O–H groups in total. The van der Waals surface area contributed by atoms with E-state index < -0.39 is 15.9 Å². The predicted octanol–water partition coefficient (Wildman–Crippen LogP) is -1.33. The number of pyridine rings is 1. The summed E-state index contributed by atoms with van der Waals surface area (Å²) < 4.78 is 24.6. The number of nitrogens with two attached hydrogens (primary N) is 1. The Bertz CT molecular complexity index is 632. The molecule has 0 aliphatic heterocycles. The fourth-order valence-corrected chi connectivity index (χ4v) is 1.91. The zero-order chi connectivity index (χ0) is 15.0. The minimum absolute atomic E-state index is 0.00802. The van der Waals surface area contributed by atoms with Crippen molar-refractivity contribution in [1.29, 1.82) is 0 Å². The summed E-state index contributed by atoms with van der Waals surface area (Å²) in [7, 11) is -2.02. The second-order valence-electron chi connectivity index (χ2n) is 3.71. The Morgan fingerprint density at radius 3 is 2.90 bits per heavy atom. The lowest BCUT2D eigenvalue weighted by Gasteiger charge is -2.06. The van der Waals surface area contributed by atoms with E-state index in [4.69, 9.17) is 5.73 Å². The molecule has 0 radical (unpaired) electrons. The molecule has 0 saturated carbocycles. The number of hydrogen-bond donors (Lipinski definition) is 3. The van der Waals surface area contributed by atoms with E-state index in [0.29, 0.717) is 11.1 Å². The first-order valence-electron chi connectivity index (χ1n) is 5.82. The molecule has 1 amide bonds. The Morgan fingerprint density at radius 1 is 1.50 bits per heavy atom. The maximum Gasteiger partial charge on any atom is 0.252 e. The lowest BCUT2D eigenvalue weighted by atomic mass is 10.1. The zero-order valence-electron chi connectivity index (χ0n) is 11.0. The van der Waals surface area contributed by atoms with E-state index in [1.165, 1.54) is 25.5 Å². The fourth-order valence-electron chi connectivity index (χ4n) is 1.33. The highest BCUT2D eigenvalue weighted by Crippen LogP contribution is 2.05. The summed E-state index contributed by atoms with van der Waals surface area (Å²) in [5.41, 5.74) is 6.06. The number of carbonyl (C=O) groups is 1. The Hall–Kier alpha value is -1.95. The van der Waals surface area contributed by atoms with Crippen molar-refractivity contribution in [3.63, 3.8) is 0 Å². The van der Waals surface area contributed by atoms with Gasteiger partial charge in [-0.05, 0) is 13.1 Å². The van der Waals surface area contributed by atoms with Crippen LogP contribution in [0, 0.1) is 11.8 Å². The molecule has 0 aliphatic carbocycles. The van der Waals surface area contributed by atoms with Crippen molar-refractivity contribution in [2.75, 3.05) is 25.9 Å². The maximum absolute atomic E-state index is 11.9. The number of aromatic nitrogens is 1. The number of sulfonamides is 1. The van der Waals surface area contributed by atoms with Crippen LogP contribution in [0.3, 0.4) is 0 Å². The maximum atomic E-state index is 11.9. The van der Waals surface area contributed by atoms with Crippen LogP contribution in [-0.4, -0.2) is 45.2 Å². The van der Waals surface area contributed by atoms with Crippen molar-refractivity contribution >= 4 is 15.9 Å². The monoisotopic (exact) mass is 296 g/mol. The third-order valence-electron chi connectivity index (χ3n) is 2.36. The van der Waals surface area contributed by atoms with Gasteiger partial charge in [-0.3, -0.25) is 9.78 Å². The van der Waals surface area contributed by atoms with Crippen molar-refractivity contribution in [2.45, 2.75) is 0 Å². The van der Waals surface area contributed by atoms with Gasteiger partial charge in [0.05, 0.1) is 23.4 Å². The summed E-state index contributed by atoms with van der Waals surface area (Å²) in [6.07, 6.45) is 2.93. The van der Waals surface area contributed by atoms with E-state index in [-0.39, 0.29) is 18.8 Å². The minimum Gasteiger partial charge on any atom is -0.351 e. The van der Waals surface area contributed by atoms with Crippen LogP contribution in [0.4, 0.5) is 0 Å². The number of amides is 1. The molecule has 0 unspecified atom stereocenters. The molecule has 1 aromatic rings. The number of rotatable bonds is 5. The highest BCUT2D eigenvalue weighted by molar-refractivity contribution is 7.89. The van der Waals surface area contributed by atoms with Crippen LogP contribution in [0.1, 0.15) is 15.9 Å². The van der Waals surface area contributed by atoms with Crippen molar-refractivity contribution < 1.29 is 13.2 Å². The van der Waals surface area contributed by atoms with Crippen molar-refractivity contribution in [1.82, 2.24) is 15.0 Å². The molecule has 0 saturated heterocycles. The number of nitrogens with zero attached hydrogens (tertiary/aromatic N) is 1. The van der Waals surface area contributed by atoms with Crippen LogP contribution in [0.2, 0.25) is 0 Å². The fraction of sp³-hybridized carbons (Fsp3) is 0.333. The van der Waals surface area contributed by atoms with Crippen LogP contribution in [0.15, 0.2) is 18.5 Å². The molecule has 1 heterocycles. The molecule has 1 aromatic heterocycles. The molecule has 8 heteroatoms. The second kappa shape index (κ2) is 7.59. The van der Waals surface area contributed by atoms with Crippen LogP contribution in [0.25, 0.3) is 0 Å². The smallest absolute Gasteiger partial charge is 0.252 e. The standard InChI is InChI=1S/C12H16N4O3S/c1-14-20(18,19)8-7-16-12(17)11-4-6-15-9-10(11)3-2-5-13/h4,6,9,14H,5,7-8,13H2,1H3,(H,16,17). The third-order valence-corrected chi connectivity index (χ3v) is 3.72. The first-order valence-corrected chi connectivity index (χ1v) is 7.47. The number of carbonyl (C=O) groups excluding carboxylic acids is 1. The van der Waals surface area contributed by atoms with Crippen LogP contribution in [0.5, 0.6) is 0 Å². The van der Waals surface area contributed by atoms with E-state index in [9.17, 15) is 13.2 Å². The number of nitrogens with one attached hydrogen (secondary N) is 2. The van der Waals surface area contributed by atoms with Gasteiger partial charge in [0.1, 0.15) is 0 Å². The van der Waals surface area contributed by atoms with Gasteiger partial charge in [-0.15, -0.1) is 0 Å².